The Balaban J connectivity index is 2.13. The fraction of sp³-hybridized carbons (Fsp3) is 0.697. The van der Waals surface area contributed by atoms with E-state index in [0.29, 0.717) is 70.1 Å². The van der Waals surface area contributed by atoms with Gasteiger partial charge in [-0.15, -0.1) is 0 Å². The quantitative estimate of drug-likeness (QED) is 0.112. The average molecular weight is 622 g/mol. The lowest BCUT2D eigenvalue weighted by atomic mass is 10.1. The van der Waals surface area contributed by atoms with Crippen LogP contribution in [0.3, 0.4) is 0 Å². The molecular weight excluding hydrogens is 566 g/mol. The summed E-state index contributed by atoms with van der Waals surface area (Å²) in [7, 11) is 0. The van der Waals surface area contributed by atoms with E-state index in [-0.39, 0.29) is 37.6 Å². The number of hydrogen-bond acceptors (Lipinski definition) is 9. The highest BCUT2D eigenvalue weighted by Crippen LogP contribution is 2.17. The monoisotopic (exact) mass is 621 g/mol. The van der Waals surface area contributed by atoms with Gasteiger partial charge in [0.1, 0.15) is 19.0 Å². The van der Waals surface area contributed by atoms with Crippen LogP contribution in [0.15, 0.2) is 24.3 Å². The highest BCUT2D eigenvalue weighted by Gasteiger charge is 2.20. The third-order valence-electron chi connectivity index (χ3n) is 5.69. The first-order valence-electron chi connectivity index (χ1n) is 15.5. The molecule has 0 aliphatic carbocycles. The molecule has 0 atom stereocenters. The van der Waals surface area contributed by atoms with Gasteiger partial charge in [0, 0.05) is 30.7 Å². The first-order chi connectivity index (χ1) is 21.1. The van der Waals surface area contributed by atoms with Gasteiger partial charge in [0.2, 0.25) is 5.91 Å². The number of nitrogens with one attached hydrogen (secondary N) is 3. The summed E-state index contributed by atoms with van der Waals surface area (Å²) < 4.78 is 33.7. The van der Waals surface area contributed by atoms with Crippen molar-refractivity contribution in [2.75, 3.05) is 85.7 Å². The number of amides is 2. The molecule has 0 saturated heterocycles. The third-order valence-corrected chi connectivity index (χ3v) is 5.69. The Morgan fingerprint density at radius 1 is 0.841 bits per heavy atom. The summed E-state index contributed by atoms with van der Waals surface area (Å²) in [4.78, 5) is 24.3. The van der Waals surface area contributed by atoms with Gasteiger partial charge in [0.15, 0.2) is 0 Å². The predicted molar refractivity (Wildman–Crippen MR) is 171 cm³/mol. The van der Waals surface area contributed by atoms with Crippen LogP contribution in [0.1, 0.15) is 58.3 Å². The van der Waals surface area contributed by atoms with Crippen LogP contribution in [0.25, 0.3) is 0 Å². The minimum absolute atomic E-state index is 0.0493. The number of hydrogen-bond donors (Lipinski definition) is 3. The van der Waals surface area contributed by atoms with Crippen LogP contribution in [-0.2, 0) is 28.5 Å². The van der Waals surface area contributed by atoms with E-state index in [1.165, 1.54) is 0 Å². The second kappa shape index (κ2) is 24.6. The molecule has 0 saturated carbocycles. The molecule has 11 heteroatoms. The topological polar surface area (TPSA) is 126 Å². The molecule has 0 bridgehead atoms. The van der Waals surface area contributed by atoms with Crippen molar-refractivity contribution in [3.05, 3.63) is 29.8 Å². The molecule has 1 aromatic carbocycles. The molecule has 250 valence electrons. The Kier molecular flexibility index (Phi) is 22.0. The van der Waals surface area contributed by atoms with Gasteiger partial charge in [-0.1, -0.05) is 45.6 Å². The largest absolute Gasteiger partial charge is 0.491 e. The highest BCUT2D eigenvalue weighted by atomic mass is 16.6. The van der Waals surface area contributed by atoms with Gasteiger partial charge in [-0.2, -0.15) is 0 Å². The van der Waals surface area contributed by atoms with Crippen LogP contribution in [0.4, 0.5) is 0 Å². The van der Waals surface area contributed by atoms with Gasteiger partial charge < -0.3 is 44.4 Å². The summed E-state index contributed by atoms with van der Waals surface area (Å²) >= 11 is 0. The Hall–Kier alpha value is -2.72. The molecule has 3 N–H and O–H groups in total. The summed E-state index contributed by atoms with van der Waals surface area (Å²) in [6, 6.07) is 7.47. The van der Waals surface area contributed by atoms with Crippen molar-refractivity contribution in [2.45, 2.75) is 59.6 Å². The number of ether oxygens (including phenoxy) is 6. The standard InChI is InChI=1S/C33H55N3O8/c1-27(2)10-8-13-35-31(37)25-42-22-23-44-33(5,6)26-43-30-12-7-11-29(24-30)32(38)36-15-17-40-19-21-41-20-18-39-16-9-14-34-28(3)4/h7,11-12,24,27-28,34H,9,13-23,25-26H2,1-6H3,(H,35,37)(H,36,38). The highest BCUT2D eigenvalue weighted by molar-refractivity contribution is 5.94. The molecule has 2 amide bonds. The molecule has 0 radical (unpaired) electrons. The second-order valence-corrected chi connectivity index (χ2v) is 11.3. The predicted octanol–water partition coefficient (Wildman–Crippen LogP) is 2.82. The van der Waals surface area contributed by atoms with Crippen molar-refractivity contribution >= 4 is 11.8 Å². The zero-order valence-electron chi connectivity index (χ0n) is 27.6. The number of carbonyl (C=O) groups is 2. The molecule has 0 heterocycles. The molecule has 0 aliphatic heterocycles. The maximum Gasteiger partial charge on any atom is 0.251 e. The Morgan fingerprint density at radius 3 is 2.23 bits per heavy atom. The van der Waals surface area contributed by atoms with Crippen molar-refractivity contribution in [1.29, 1.82) is 0 Å². The lowest BCUT2D eigenvalue weighted by Gasteiger charge is -2.25. The van der Waals surface area contributed by atoms with Gasteiger partial charge >= 0.3 is 0 Å². The van der Waals surface area contributed by atoms with Crippen molar-refractivity contribution < 1.29 is 38.0 Å². The van der Waals surface area contributed by atoms with E-state index in [1.54, 1.807) is 24.3 Å². The Labute approximate surface area is 264 Å². The lowest BCUT2D eigenvalue weighted by molar-refractivity contribution is -0.127. The maximum atomic E-state index is 12.5. The molecule has 0 unspecified atom stereocenters. The van der Waals surface area contributed by atoms with Crippen molar-refractivity contribution in [2.24, 2.45) is 5.92 Å². The van der Waals surface area contributed by atoms with Crippen molar-refractivity contribution in [3.63, 3.8) is 0 Å². The van der Waals surface area contributed by atoms with E-state index < -0.39 is 5.60 Å². The van der Waals surface area contributed by atoms with Crippen LogP contribution >= 0.6 is 0 Å². The molecule has 0 aromatic heterocycles. The molecule has 1 aromatic rings. The van der Waals surface area contributed by atoms with Crippen molar-refractivity contribution in [1.82, 2.24) is 16.0 Å². The molecule has 44 heavy (non-hydrogen) atoms. The van der Waals surface area contributed by atoms with E-state index in [4.69, 9.17) is 28.4 Å². The van der Waals surface area contributed by atoms with E-state index in [9.17, 15) is 9.59 Å². The molecule has 11 nitrogen and oxygen atoms in total. The minimum Gasteiger partial charge on any atom is -0.491 e. The van der Waals surface area contributed by atoms with Gasteiger partial charge in [-0.05, 0) is 45.0 Å². The van der Waals surface area contributed by atoms with Crippen LogP contribution < -0.4 is 20.7 Å². The summed E-state index contributed by atoms with van der Waals surface area (Å²) in [6.07, 6.45) is 0.981. The summed E-state index contributed by atoms with van der Waals surface area (Å²) in [5.41, 5.74) is -0.110. The number of benzene rings is 1. The second-order valence-electron chi connectivity index (χ2n) is 11.3. The van der Waals surface area contributed by atoms with E-state index in [0.717, 1.165) is 19.6 Å². The molecule has 0 aliphatic rings. The molecule has 0 fully saturated rings. The van der Waals surface area contributed by atoms with Crippen LogP contribution in [0.5, 0.6) is 5.75 Å². The summed E-state index contributed by atoms with van der Waals surface area (Å²) in [5, 5.41) is 8.89. The van der Waals surface area contributed by atoms with Gasteiger partial charge in [0.25, 0.3) is 5.91 Å². The normalized spacial score (nSPS) is 11.4. The zero-order valence-corrected chi connectivity index (χ0v) is 27.6. The van der Waals surface area contributed by atoms with E-state index in [1.807, 2.05) is 27.7 Å². The van der Waals surface area contributed by atoms with Crippen LogP contribution in [0, 0.1) is 17.8 Å². The Bertz CT molecular complexity index is 975. The zero-order chi connectivity index (χ0) is 32.5. The van der Waals surface area contributed by atoms with Crippen LogP contribution in [-0.4, -0.2) is 109 Å². The average Bonchev–Trinajstić information content (AvgIpc) is 2.98. The number of rotatable bonds is 25. The first kappa shape index (κ1) is 39.3. The summed E-state index contributed by atoms with van der Waals surface area (Å²) in [5.74, 6) is 6.28. The first-order valence-corrected chi connectivity index (χ1v) is 15.5. The van der Waals surface area contributed by atoms with Crippen LogP contribution in [0.2, 0.25) is 0 Å². The minimum atomic E-state index is -0.602. The molecule has 1 rings (SSSR count). The Morgan fingerprint density at radius 2 is 1.52 bits per heavy atom. The van der Waals surface area contributed by atoms with Gasteiger partial charge in [0.05, 0.1) is 58.4 Å². The molecular formula is C33H55N3O8. The fourth-order valence-electron chi connectivity index (χ4n) is 3.46. The molecule has 0 spiro atoms. The fourth-order valence-corrected chi connectivity index (χ4v) is 3.46. The van der Waals surface area contributed by atoms with E-state index in [2.05, 4.69) is 41.6 Å². The number of carbonyl (C=O) groups excluding carboxylic acids is 2. The smallest absolute Gasteiger partial charge is 0.251 e. The lowest BCUT2D eigenvalue weighted by Crippen LogP contribution is -2.34. The van der Waals surface area contributed by atoms with Crippen molar-refractivity contribution in [3.8, 4) is 17.6 Å². The third kappa shape index (κ3) is 22.8. The maximum absolute atomic E-state index is 12.5. The van der Waals surface area contributed by atoms with E-state index >= 15 is 0 Å². The van der Waals surface area contributed by atoms with Gasteiger partial charge in [-0.3, -0.25) is 9.59 Å². The van der Waals surface area contributed by atoms with Gasteiger partial charge in [-0.25, -0.2) is 0 Å². The SMILES string of the molecule is CC(C)C#CCNC(=O)COCCOC(C)(C)COc1cccc(C(=O)NCCOCCOCCOCCCNC(C)C)c1. The summed E-state index contributed by atoms with van der Waals surface area (Å²) in [6.45, 7) is 17.6.